The van der Waals surface area contributed by atoms with E-state index in [9.17, 15) is 14.4 Å². The van der Waals surface area contributed by atoms with Crippen molar-refractivity contribution in [1.82, 2.24) is 5.32 Å². The molecule has 0 saturated heterocycles. The number of rotatable bonds is 9. The zero-order chi connectivity index (χ0) is 20.5. The van der Waals surface area contributed by atoms with Crippen LogP contribution >= 0.6 is 23.4 Å². The van der Waals surface area contributed by atoms with Gasteiger partial charge in [0.2, 0.25) is 11.8 Å². The molecule has 28 heavy (non-hydrogen) atoms. The van der Waals surface area contributed by atoms with Gasteiger partial charge < -0.3 is 16.4 Å². The predicted octanol–water partition coefficient (Wildman–Crippen LogP) is 2.86. The third kappa shape index (κ3) is 6.58. The summed E-state index contributed by atoms with van der Waals surface area (Å²) in [6.07, 6.45) is 2.55. The van der Waals surface area contributed by atoms with Crippen LogP contribution in [0, 0.1) is 0 Å². The summed E-state index contributed by atoms with van der Waals surface area (Å²) in [7, 11) is 0. The fourth-order valence-corrected chi connectivity index (χ4v) is 3.22. The monoisotopic (exact) mass is 419 g/mol. The third-order valence-electron chi connectivity index (χ3n) is 3.95. The van der Waals surface area contributed by atoms with Crippen molar-refractivity contribution in [3.05, 3.63) is 64.7 Å². The van der Waals surface area contributed by atoms with E-state index in [4.69, 9.17) is 17.3 Å². The number of carbonyl (C=O) groups is 3. The number of amides is 3. The molecule has 0 aliphatic carbocycles. The number of nitrogens with one attached hydrogen (secondary N) is 2. The zero-order valence-corrected chi connectivity index (χ0v) is 17.0. The molecule has 0 bridgehead atoms. The molecule has 0 heterocycles. The Bertz CT molecular complexity index is 843. The van der Waals surface area contributed by atoms with Gasteiger partial charge in [-0.1, -0.05) is 35.9 Å². The fraction of sp³-hybridized carbons (Fsp3) is 0.250. The fourth-order valence-electron chi connectivity index (χ4n) is 2.52. The van der Waals surface area contributed by atoms with Crippen LogP contribution in [0.25, 0.3) is 0 Å². The highest BCUT2D eigenvalue weighted by Gasteiger charge is 2.22. The van der Waals surface area contributed by atoms with Gasteiger partial charge in [0, 0.05) is 5.69 Å². The van der Waals surface area contributed by atoms with Crippen molar-refractivity contribution in [3.8, 4) is 0 Å². The number of hydrogen-bond donors (Lipinski definition) is 3. The van der Waals surface area contributed by atoms with Crippen molar-refractivity contribution < 1.29 is 14.4 Å². The number of hydrogen-bond acceptors (Lipinski definition) is 4. The first-order chi connectivity index (χ1) is 13.4. The van der Waals surface area contributed by atoms with Gasteiger partial charge >= 0.3 is 0 Å². The second-order valence-electron chi connectivity index (χ2n) is 6.12. The van der Waals surface area contributed by atoms with Crippen LogP contribution in [-0.2, 0) is 16.0 Å². The van der Waals surface area contributed by atoms with E-state index in [0.717, 1.165) is 5.56 Å². The first kappa shape index (κ1) is 21.8. The highest BCUT2D eigenvalue weighted by molar-refractivity contribution is 7.98. The summed E-state index contributed by atoms with van der Waals surface area (Å²) in [5.74, 6) is -0.435. The van der Waals surface area contributed by atoms with Crippen molar-refractivity contribution in [3.63, 3.8) is 0 Å². The van der Waals surface area contributed by atoms with E-state index >= 15 is 0 Å². The SMILES string of the molecule is CSCCC(NC(=O)c1ccccc1Cl)C(=O)Nc1ccc(CC(N)=O)cc1. The second-order valence-corrected chi connectivity index (χ2v) is 7.51. The van der Waals surface area contributed by atoms with Gasteiger partial charge in [0.15, 0.2) is 0 Å². The van der Waals surface area contributed by atoms with Gasteiger partial charge in [-0.3, -0.25) is 14.4 Å². The minimum absolute atomic E-state index is 0.137. The van der Waals surface area contributed by atoms with Crippen LogP contribution in [0.4, 0.5) is 5.69 Å². The van der Waals surface area contributed by atoms with E-state index in [1.807, 2.05) is 6.26 Å². The Morgan fingerprint density at radius 3 is 2.39 bits per heavy atom. The molecule has 0 aliphatic heterocycles. The Balaban J connectivity index is 2.07. The van der Waals surface area contributed by atoms with E-state index < -0.39 is 17.9 Å². The molecule has 8 heteroatoms. The zero-order valence-electron chi connectivity index (χ0n) is 15.4. The van der Waals surface area contributed by atoms with Crippen molar-refractivity contribution >= 4 is 46.8 Å². The number of anilines is 1. The molecule has 1 unspecified atom stereocenters. The molecule has 148 valence electrons. The van der Waals surface area contributed by atoms with Crippen molar-refractivity contribution in [1.29, 1.82) is 0 Å². The summed E-state index contributed by atoms with van der Waals surface area (Å²) in [6, 6.07) is 12.8. The molecule has 0 fully saturated rings. The van der Waals surface area contributed by atoms with Crippen LogP contribution in [0.15, 0.2) is 48.5 Å². The molecule has 0 aromatic heterocycles. The lowest BCUT2D eigenvalue weighted by Crippen LogP contribution is -2.44. The smallest absolute Gasteiger partial charge is 0.253 e. The van der Waals surface area contributed by atoms with Gasteiger partial charge in [-0.15, -0.1) is 0 Å². The van der Waals surface area contributed by atoms with E-state index in [0.29, 0.717) is 28.4 Å². The predicted molar refractivity (Wildman–Crippen MR) is 114 cm³/mol. The molecule has 2 aromatic carbocycles. The van der Waals surface area contributed by atoms with Gasteiger partial charge in [0.25, 0.3) is 5.91 Å². The first-order valence-electron chi connectivity index (χ1n) is 8.63. The van der Waals surface area contributed by atoms with Gasteiger partial charge in [-0.25, -0.2) is 0 Å². The molecular formula is C20H22ClN3O3S. The van der Waals surface area contributed by atoms with Crippen LogP contribution in [0.2, 0.25) is 5.02 Å². The van der Waals surface area contributed by atoms with Crippen LogP contribution < -0.4 is 16.4 Å². The van der Waals surface area contributed by atoms with E-state index in [-0.39, 0.29) is 12.3 Å². The summed E-state index contributed by atoms with van der Waals surface area (Å²) in [4.78, 5) is 36.2. The van der Waals surface area contributed by atoms with E-state index in [1.54, 1.807) is 60.3 Å². The van der Waals surface area contributed by atoms with Crippen LogP contribution in [0.5, 0.6) is 0 Å². The maximum absolute atomic E-state index is 12.7. The molecule has 4 N–H and O–H groups in total. The Kier molecular flexibility index (Phi) is 8.35. The van der Waals surface area contributed by atoms with Gasteiger partial charge in [0.1, 0.15) is 6.04 Å². The average molecular weight is 420 g/mol. The van der Waals surface area contributed by atoms with Crippen LogP contribution in [-0.4, -0.2) is 35.8 Å². The number of benzene rings is 2. The lowest BCUT2D eigenvalue weighted by atomic mass is 10.1. The number of carbonyl (C=O) groups excluding carboxylic acids is 3. The second kappa shape index (κ2) is 10.7. The summed E-state index contributed by atoms with van der Waals surface area (Å²) in [6.45, 7) is 0. The average Bonchev–Trinajstić information content (AvgIpc) is 2.66. The largest absolute Gasteiger partial charge is 0.369 e. The lowest BCUT2D eigenvalue weighted by Gasteiger charge is -2.18. The molecule has 2 rings (SSSR count). The van der Waals surface area contributed by atoms with Crippen LogP contribution in [0.1, 0.15) is 22.3 Å². The highest BCUT2D eigenvalue weighted by atomic mass is 35.5. The Hall–Kier alpha value is -2.51. The van der Waals surface area contributed by atoms with E-state index in [2.05, 4.69) is 10.6 Å². The van der Waals surface area contributed by atoms with Crippen molar-refractivity contribution in [2.75, 3.05) is 17.3 Å². The van der Waals surface area contributed by atoms with Crippen LogP contribution in [0.3, 0.4) is 0 Å². The summed E-state index contributed by atoms with van der Waals surface area (Å²) in [5, 5.41) is 5.88. The first-order valence-corrected chi connectivity index (χ1v) is 10.4. The standard InChI is InChI=1S/C20H22ClN3O3S/c1-28-11-10-17(24-19(26)15-4-2-3-5-16(15)21)20(27)23-14-8-6-13(7-9-14)12-18(22)25/h2-9,17H,10-12H2,1H3,(H2,22,25)(H,23,27)(H,24,26). The molecule has 0 saturated carbocycles. The number of nitrogens with two attached hydrogens (primary N) is 1. The molecule has 3 amide bonds. The quantitative estimate of drug-likeness (QED) is 0.581. The Morgan fingerprint density at radius 2 is 1.79 bits per heavy atom. The molecule has 0 radical (unpaired) electrons. The number of halogens is 1. The number of primary amides is 1. The van der Waals surface area contributed by atoms with E-state index in [1.165, 1.54) is 0 Å². The topological polar surface area (TPSA) is 101 Å². The normalized spacial score (nSPS) is 11.5. The van der Waals surface area contributed by atoms with Gasteiger partial charge in [0.05, 0.1) is 17.0 Å². The third-order valence-corrected chi connectivity index (χ3v) is 4.92. The summed E-state index contributed by atoms with van der Waals surface area (Å²) < 4.78 is 0. The van der Waals surface area contributed by atoms with Gasteiger partial charge in [-0.05, 0) is 48.3 Å². The molecule has 1 atom stereocenters. The van der Waals surface area contributed by atoms with Crippen molar-refractivity contribution in [2.24, 2.45) is 5.73 Å². The minimum atomic E-state index is -0.707. The molecule has 2 aromatic rings. The Labute approximate surface area is 173 Å². The minimum Gasteiger partial charge on any atom is -0.369 e. The molecule has 0 spiro atoms. The van der Waals surface area contributed by atoms with Crippen molar-refractivity contribution in [2.45, 2.75) is 18.9 Å². The molecule has 0 aliphatic rings. The number of thioether (sulfide) groups is 1. The lowest BCUT2D eigenvalue weighted by molar-refractivity contribution is -0.118. The van der Waals surface area contributed by atoms with Gasteiger partial charge in [-0.2, -0.15) is 11.8 Å². The Morgan fingerprint density at radius 1 is 1.11 bits per heavy atom. The molecule has 6 nitrogen and oxygen atoms in total. The molecular weight excluding hydrogens is 398 g/mol. The summed E-state index contributed by atoms with van der Waals surface area (Å²) >= 11 is 7.65. The maximum atomic E-state index is 12.7. The summed E-state index contributed by atoms with van der Waals surface area (Å²) in [5.41, 5.74) is 6.82. The maximum Gasteiger partial charge on any atom is 0.253 e. The highest BCUT2D eigenvalue weighted by Crippen LogP contribution is 2.16.